The highest BCUT2D eigenvalue weighted by Crippen LogP contribution is 2.16. The summed E-state index contributed by atoms with van der Waals surface area (Å²) in [5.74, 6) is 1.39. The normalized spacial score (nSPS) is 10.4. The molecule has 2 aromatic heterocycles. The van der Waals surface area contributed by atoms with Gasteiger partial charge in [0.15, 0.2) is 11.6 Å². The Kier molecular flexibility index (Phi) is 1.64. The van der Waals surface area contributed by atoms with Crippen LogP contribution >= 0.6 is 0 Å². The summed E-state index contributed by atoms with van der Waals surface area (Å²) in [4.78, 5) is 3.97. The minimum absolute atomic E-state index is 0.268. The van der Waals surface area contributed by atoms with Gasteiger partial charge in [-0.3, -0.25) is 0 Å². The maximum absolute atomic E-state index is 5.30. The van der Waals surface area contributed by atoms with Crippen molar-refractivity contribution in [1.82, 2.24) is 10.1 Å². The molecular formula is C7H7N3O2. The van der Waals surface area contributed by atoms with E-state index in [0.717, 1.165) is 0 Å². The van der Waals surface area contributed by atoms with Crippen molar-refractivity contribution in [2.45, 2.75) is 6.54 Å². The number of nitrogens with two attached hydrogens (primary N) is 1. The second-order valence-corrected chi connectivity index (χ2v) is 2.20. The van der Waals surface area contributed by atoms with E-state index >= 15 is 0 Å². The highest BCUT2D eigenvalue weighted by molar-refractivity contribution is 5.42. The third-order valence-corrected chi connectivity index (χ3v) is 1.38. The van der Waals surface area contributed by atoms with Crippen molar-refractivity contribution in [2.75, 3.05) is 0 Å². The van der Waals surface area contributed by atoms with E-state index in [2.05, 4.69) is 10.1 Å². The average molecular weight is 165 g/mol. The van der Waals surface area contributed by atoms with Gasteiger partial charge in [-0.1, -0.05) is 5.16 Å². The second-order valence-electron chi connectivity index (χ2n) is 2.20. The summed E-state index contributed by atoms with van der Waals surface area (Å²) in [5.41, 5.74) is 5.30. The third-order valence-electron chi connectivity index (χ3n) is 1.38. The first kappa shape index (κ1) is 7.05. The molecule has 0 unspecified atom stereocenters. The molecule has 12 heavy (non-hydrogen) atoms. The molecule has 2 N–H and O–H groups in total. The molecule has 0 radical (unpaired) electrons. The molecule has 0 atom stereocenters. The summed E-state index contributed by atoms with van der Waals surface area (Å²) >= 11 is 0. The number of hydrogen-bond acceptors (Lipinski definition) is 5. The summed E-state index contributed by atoms with van der Waals surface area (Å²) in [6, 6.07) is 3.50. The predicted octanol–water partition coefficient (Wildman–Crippen LogP) is 0.788. The van der Waals surface area contributed by atoms with Gasteiger partial charge >= 0.3 is 0 Å². The molecule has 0 aromatic carbocycles. The topological polar surface area (TPSA) is 78.1 Å². The zero-order valence-corrected chi connectivity index (χ0v) is 6.23. The zero-order valence-electron chi connectivity index (χ0n) is 6.23. The molecule has 2 heterocycles. The van der Waals surface area contributed by atoms with E-state index in [1.54, 1.807) is 18.4 Å². The van der Waals surface area contributed by atoms with Crippen molar-refractivity contribution in [3.8, 4) is 11.7 Å². The van der Waals surface area contributed by atoms with Crippen molar-refractivity contribution >= 4 is 0 Å². The summed E-state index contributed by atoms with van der Waals surface area (Å²) in [6.07, 6.45) is 1.54. The minimum Gasteiger partial charge on any atom is -0.459 e. The molecule has 5 nitrogen and oxygen atoms in total. The van der Waals surface area contributed by atoms with Crippen molar-refractivity contribution in [1.29, 1.82) is 0 Å². The first-order chi connectivity index (χ1) is 5.90. The molecule has 5 heteroatoms. The fourth-order valence-corrected chi connectivity index (χ4v) is 0.837. The van der Waals surface area contributed by atoms with Crippen LogP contribution in [0.4, 0.5) is 0 Å². The molecule has 2 aromatic rings. The predicted molar refractivity (Wildman–Crippen MR) is 39.9 cm³/mol. The monoisotopic (exact) mass is 165 g/mol. The van der Waals surface area contributed by atoms with Crippen LogP contribution in [0.5, 0.6) is 0 Å². The van der Waals surface area contributed by atoms with Crippen molar-refractivity contribution in [3.05, 3.63) is 24.2 Å². The van der Waals surface area contributed by atoms with E-state index in [-0.39, 0.29) is 6.54 Å². The summed E-state index contributed by atoms with van der Waals surface area (Å²) < 4.78 is 9.91. The van der Waals surface area contributed by atoms with Crippen LogP contribution in [-0.4, -0.2) is 10.1 Å². The Hall–Kier alpha value is -1.62. The van der Waals surface area contributed by atoms with Gasteiger partial charge in [-0.25, -0.2) is 0 Å². The fraction of sp³-hybridized carbons (Fsp3) is 0.143. The van der Waals surface area contributed by atoms with Gasteiger partial charge in [0.25, 0.3) is 5.89 Å². The Labute approximate surface area is 68.2 Å². The van der Waals surface area contributed by atoms with Crippen molar-refractivity contribution < 1.29 is 8.94 Å². The Balaban J connectivity index is 2.35. The van der Waals surface area contributed by atoms with Gasteiger partial charge in [0, 0.05) is 0 Å². The van der Waals surface area contributed by atoms with Crippen LogP contribution in [-0.2, 0) is 6.54 Å². The maximum atomic E-state index is 5.30. The van der Waals surface area contributed by atoms with Gasteiger partial charge in [0.05, 0.1) is 12.8 Å². The van der Waals surface area contributed by atoms with Crippen LogP contribution < -0.4 is 5.73 Å². The largest absolute Gasteiger partial charge is 0.459 e. The number of furan rings is 1. The second kappa shape index (κ2) is 2.78. The highest BCUT2D eigenvalue weighted by atomic mass is 16.5. The van der Waals surface area contributed by atoms with E-state index in [4.69, 9.17) is 14.7 Å². The first-order valence-corrected chi connectivity index (χ1v) is 3.46. The summed E-state index contributed by atoms with van der Waals surface area (Å²) in [7, 11) is 0. The van der Waals surface area contributed by atoms with Crippen LogP contribution in [0.15, 0.2) is 27.3 Å². The molecule has 0 saturated carbocycles. The molecule has 0 fully saturated rings. The maximum Gasteiger partial charge on any atom is 0.293 e. The van der Waals surface area contributed by atoms with Crippen molar-refractivity contribution in [3.63, 3.8) is 0 Å². The van der Waals surface area contributed by atoms with Gasteiger partial charge in [-0.2, -0.15) is 4.98 Å². The van der Waals surface area contributed by atoms with Gasteiger partial charge in [-0.05, 0) is 12.1 Å². The van der Waals surface area contributed by atoms with Crippen LogP contribution in [0, 0.1) is 0 Å². The molecule has 2 rings (SSSR count). The van der Waals surface area contributed by atoms with Crippen LogP contribution in [0.2, 0.25) is 0 Å². The Morgan fingerprint density at radius 2 is 2.42 bits per heavy atom. The lowest BCUT2D eigenvalue weighted by atomic mass is 10.4. The zero-order chi connectivity index (χ0) is 8.39. The van der Waals surface area contributed by atoms with Crippen LogP contribution in [0.1, 0.15) is 5.82 Å². The van der Waals surface area contributed by atoms with E-state index in [1.165, 1.54) is 0 Å². The lowest BCUT2D eigenvalue weighted by molar-refractivity contribution is 0.409. The Morgan fingerprint density at radius 3 is 3.00 bits per heavy atom. The van der Waals surface area contributed by atoms with Crippen LogP contribution in [0.25, 0.3) is 11.7 Å². The Morgan fingerprint density at radius 1 is 1.50 bits per heavy atom. The molecule has 0 amide bonds. The molecule has 0 bridgehead atoms. The number of aromatic nitrogens is 2. The van der Waals surface area contributed by atoms with Crippen LogP contribution in [0.3, 0.4) is 0 Å². The van der Waals surface area contributed by atoms with Gasteiger partial charge in [0.1, 0.15) is 0 Å². The smallest absolute Gasteiger partial charge is 0.293 e. The first-order valence-electron chi connectivity index (χ1n) is 3.46. The summed E-state index contributed by atoms with van der Waals surface area (Å²) in [5, 5.41) is 3.62. The van der Waals surface area contributed by atoms with Gasteiger partial charge < -0.3 is 14.7 Å². The molecule has 0 aliphatic rings. The van der Waals surface area contributed by atoms with Crippen molar-refractivity contribution in [2.24, 2.45) is 5.73 Å². The Bertz CT molecular complexity index is 352. The van der Waals surface area contributed by atoms with E-state index < -0.39 is 0 Å². The molecule has 62 valence electrons. The fourth-order valence-electron chi connectivity index (χ4n) is 0.837. The number of rotatable bonds is 2. The van der Waals surface area contributed by atoms with E-state index in [0.29, 0.717) is 17.5 Å². The number of hydrogen-bond donors (Lipinski definition) is 1. The minimum atomic E-state index is 0.268. The van der Waals surface area contributed by atoms with E-state index in [9.17, 15) is 0 Å². The highest BCUT2D eigenvalue weighted by Gasteiger charge is 2.08. The molecule has 0 aliphatic carbocycles. The van der Waals surface area contributed by atoms with Gasteiger partial charge in [0.2, 0.25) is 0 Å². The SMILES string of the molecule is NCc1noc(-c2ccco2)n1. The quantitative estimate of drug-likeness (QED) is 0.711. The lowest BCUT2D eigenvalue weighted by Crippen LogP contribution is -1.97. The molecule has 0 spiro atoms. The van der Waals surface area contributed by atoms with E-state index in [1.807, 2.05) is 0 Å². The standard InChI is InChI=1S/C7H7N3O2/c8-4-6-9-7(12-10-6)5-2-1-3-11-5/h1-3H,4,8H2. The average Bonchev–Trinajstić information content (AvgIpc) is 2.75. The molecule has 0 saturated heterocycles. The van der Waals surface area contributed by atoms with Gasteiger partial charge in [-0.15, -0.1) is 0 Å². The third kappa shape index (κ3) is 1.10. The number of nitrogens with zero attached hydrogens (tertiary/aromatic N) is 2. The lowest BCUT2D eigenvalue weighted by Gasteiger charge is -1.82. The summed E-state index contributed by atoms with van der Waals surface area (Å²) in [6.45, 7) is 0.268. The molecular weight excluding hydrogens is 158 g/mol. The molecule has 0 aliphatic heterocycles.